The Kier molecular flexibility index (Phi) is 5.59. The fourth-order valence-electron chi connectivity index (χ4n) is 2.62. The largest absolute Gasteiger partial charge is 0.381 e. The molecule has 1 aromatic carbocycles. The quantitative estimate of drug-likeness (QED) is 0.820. The van der Waals surface area contributed by atoms with Gasteiger partial charge in [-0.15, -0.1) is 0 Å². The third-order valence-electron chi connectivity index (χ3n) is 4.25. The van der Waals surface area contributed by atoms with Gasteiger partial charge in [0.2, 0.25) is 5.91 Å². The molecule has 1 saturated heterocycles. The van der Waals surface area contributed by atoms with Crippen molar-refractivity contribution in [1.82, 2.24) is 5.32 Å². The van der Waals surface area contributed by atoms with Crippen LogP contribution in [-0.2, 0) is 9.53 Å². The summed E-state index contributed by atoms with van der Waals surface area (Å²) in [6.45, 7) is 3.01. The molecule has 1 aromatic rings. The van der Waals surface area contributed by atoms with E-state index in [1.54, 1.807) is 0 Å². The maximum Gasteiger partial charge on any atom is 0.227 e. The van der Waals surface area contributed by atoms with Gasteiger partial charge in [-0.1, -0.05) is 18.2 Å². The average Bonchev–Trinajstić information content (AvgIpc) is 2.56. The van der Waals surface area contributed by atoms with Gasteiger partial charge < -0.3 is 20.7 Å². The van der Waals surface area contributed by atoms with Crippen molar-refractivity contribution in [3.05, 3.63) is 30.3 Å². The molecule has 0 saturated carbocycles. The minimum absolute atomic E-state index is 0.0646. The Morgan fingerprint density at radius 1 is 1.33 bits per heavy atom. The molecule has 21 heavy (non-hydrogen) atoms. The monoisotopic (exact) mass is 291 g/mol. The molecular weight excluding hydrogens is 266 g/mol. The summed E-state index contributed by atoms with van der Waals surface area (Å²) in [5.74, 6) is 0.0646. The van der Waals surface area contributed by atoms with Gasteiger partial charge >= 0.3 is 0 Å². The van der Waals surface area contributed by atoms with Crippen LogP contribution in [0.5, 0.6) is 0 Å². The molecule has 0 unspecified atom stereocenters. The summed E-state index contributed by atoms with van der Waals surface area (Å²) in [5, 5.41) is 3.03. The van der Waals surface area contributed by atoms with E-state index in [-0.39, 0.29) is 5.91 Å². The smallest absolute Gasteiger partial charge is 0.227 e. The second-order valence-corrected chi connectivity index (χ2v) is 5.61. The Hall–Kier alpha value is -1.59. The summed E-state index contributed by atoms with van der Waals surface area (Å²) >= 11 is 0. The minimum atomic E-state index is -0.441. The van der Waals surface area contributed by atoms with E-state index in [4.69, 9.17) is 10.5 Å². The Morgan fingerprint density at radius 2 is 2.00 bits per heavy atom. The number of ether oxygens (including phenoxy) is 1. The first kappa shape index (κ1) is 15.8. The van der Waals surface area contributed by atoms with Gasteiger partial charge in [-0.25, -0.2) is 0 Å². The normalized spacial score (nSPS) is 17.2. The fraction of sp³-hybridized carbons (Fsp3) is 0.562. The van der Waals surface area contributed by atoms with Gasteiger partial charge in [0.15, 0.2) is 0 Å². The topological polar surface area (TPSA) is 67.6 Å². The van der Waals surface area contributed by atoms with Crippen LogP contribution in [0, 0.1) is 5.41 Å². The van der Waals surface area contributed by atoms with E-state index in [0.29, 0.717) is 39.1 Å². The highest BCUT2D eigenvalue weighted by Crippen LogP contribution is 2.29. The molecular formula is C16H25N3O2. The molecule has 0 radical (unpaired) electrons. The molecule has 0 aliphatic carbocycles. The molecule has 1 amide bonds. The van der Waals surface area contributed by atoms with E-state index in [2.05, 4.69) is 22.3 Å². The average molecular weight is 291 g/mol. The highest BCUT2D eigenvalue weighted by atomic mass is 16.5. The van der Waals surface area contributed by atoms with Crippen molar-refractivity contribution in [3.63, 3.8) is 0 Å². The van der Waals surface area contributed by atoms with Crippen LogP contribution in [0.2, 0.25) is 0 Å². The third kappa shape index (κ3) is 3.95. The molecule has 3 N–H and O–H groups in total. The molecule has 5 nitrogen and oxygen atoms in total. The van der Waals surface area contributed by atoms with Crippen LogP contribution in [0.15, 0.2) is 30.3 Å². The predicted octanol–water partition coefficient (Wildman–Crippen LogP) is 0.995. The van der Waals surface area contributed by atoms with Crippen LogP contribution in [0.25, 0.3) is 0 Å². The fourth-order valence-corrected chi connectivity index (χ4v) is 2.62. The van der Waals surface area contributed by atoms with E-state index in [0.717, 1.165) is 12.2 Å². The van der Waals surface area contributed by atoms with E-state index in [9.17, 15) is 4.79 Å². The number of para-hydroxylation sites is 1. The lowest BCUT2D eigenvalue weighted by atomic mass is 9.79. The molecule has 1 aliphatic rings. The van der Waals surface area contributed by atoms with Gasteiger partial charge in [0.05, 0.1) is 5.41 Å². The summed E-state index contributed by atoms with van der Waals surface area (Å²) in [5.41, 5.74) is 6.54. The van der Waals surface area contributed by atoms with Crippen LogP contribution in [0.1, 0.15) is 12.8 Å². The second kappa shape index (κ2) is 7.43. The van der Waals surface area contributed by atoms with E-state index in [1.807, 2.05) is 25.2 Å². The van der Waals surface area contributed by atoms with Gasteiger partial charge in [0.25, 0.3) is 0 Å². The van der Waals surface area contributed by atoms with Crippen LogP contribution in [0.3, 0.4) is 0 Å². The number of nitrogens with one attached hydrogen (secondary N) is 1. The highest BCUT2D eigenvalue weighted by Gasteiger charge is 2.38. The van der Waals surface area contributed by atoms with Crippen molar-refractivity contribution in [2.75, 3.05) is 44.8 Å². The van der Waals surface area contributed by atoms with Crippen molar-refractivity contribution in [2.24, 2.45) is 11.1 Å². The number of carbonyl (C=O) groups excluding carboxylic acids is 1. The number of benzene rings is 1. The number of carbonyl (C=O) groups is 1. The number of likely N-dealkylation sites (N-methyl/N-ethyl adjacent to an activating group) is 1. The Balaban J connectivity index is 1.81. The van der Waals surface area contributed by atoms with Gasteiger partial charge in [-0.3, -0.25) is 4.79 Å². The highest BCUT2D eigenvalue weighted by molar-refractivity contribution is 5.83. The summed E-state index contributed by atoms with van der Waals surface area (Å²) in [4.78, 5) is 14.5. The maximum absolute atomic E-state index is 12.4. The molecule has 1 heterocycles. The molecule has 0 aromatic heterocycles. The number of hydrogen-bond donors (Lipinski definition) is 2. The van der Waals surface area contributed by atoms with E-state index < -0.39 is 5.41 Å². The van der Waals surface area contributed by atoms with Gasteiger partial charge in [0, 0.05) is 45.6 Å². The number of amides is 1. The lowest BCUT2D eigenvalue weighted by Gasteiger charge is -2.34. The molecule has 116 valence electrons. The molecule has 1 fully saturated rings. The third-order valence-corrected chi connectivity index (χ3v) is 4.25. The summed E-state index contributed by atoms with van der Waals surface area (Å²) < 4.78 is 5.33. The first-order valence-corrected chi connectivity index (χ1v) is 7.50. The number of nitrogens with zero attached hydrogens (tertiary/aromatic N) is 1. The first-order valence-electron chi connectivity index (χ1n) is 7.50. The van der Waals surface area contributed by atoms with Crippen molar-refractivity contribution < 1.29 is 9.53 Å². The molecule has 1 aliphatic heterocycles. The van der Waals surface area contributed by atoms with Gasteiger partial charge in [0.1, 0.15) is 0 Å². The predicted molar refractivity (Wildman–Crippen MR) is 84.3 cm³/mol. The molecule has 0 spiro atoms. The summed E-state index contributed by atoms with van der Waals surface area (Å²) in [6, 6.07) is 10.1. The number of anilines is 1. The first-order chi connectivity index (χ1) is 10.2. The van der Waals surface area contributed by atoms with E-state index >= 15 is 0 Å². The van der Waals surface area contributed by atoms with Gasteiger partial charge in [-0.2, -0.15) is 0 Å². The lowest BCUT2D eigenvalue weighted by molar-refractivity contribution is -0.135. The van der Waals surface area contributed by atoms with E-state index in [1.165, 1.54) is 0 Å². The zero-order chi connectivity index (χ0) is 15.1. The van der Waals surface area contributed by atoms with Crippen LogP contribution in [-0.4, -0.2) is 45.8 Å². The SMILES string of the molecule is CN(CCNC(=O)C1(CN)CCOCC1)c1ccccc1. The van der Waals surface area contributed by atoms with Crippen molar-refractivity contribution in [2.45, 2.75) is 12.8 Å². The molecule has 0 bridgehead atoms. The van der Waals surface area contributed by atoms with Crippen molar-refractivity contribution in [3.8, 4) is 0 Å². The standard InChI is InChI=1S/C16H25N3O2/c1-19(14-5-3-2-4-6-14)10-9-18-15(20)16(13-17)7-11-21-12-8-16/h2-6H,7-13,17H2,1H3,(H,18,20). The lowest BCUT2D eigenvalue weighted by Crippen LogP contribution is -2.50. The molecule has 5 heteroatoms. The second-order valence-electron chi connectivity index (χ2n) is 5.61. The Morgan fingerprint density at radius 3 is 2.62 bits per heavy atom. The van der Waals surface area contributed by atoms with Crippen LogP contribution < -0.4 is 16.0 Å². The van der Waals surface area contributed by atoms with Gasteiger partial charge in [-0.05, 0) is 25.0 Å². The zero-order valence-electron chi connectivity index (χ0n) is 12.7. The minimum Gasteiger partial charge on any atom is -0.381 e. The summed E-state index contributed by atoms with van der Waals surface area (Å²) in [6.07, 6.45) is 1.42. The molecule has 0 atom stereocenters. The number of rotatable bonds is 6. The number of nitrogens with two attached hydrogens (primary N) is 1. The Labute approximate surface area is 126 Å². The zero-order valence-corrected chi connectivity index (χ0v) is 12.7. The van der Waals surface area contributed by atoms with Crippen LogP contribution >= 0.6 is 0 Å². The summed E-state index contributed by atoms with van der Waals surface area (Å²) in [7, 11) is 2.02. The van der Waals surface area contributed by atoms with Crippen LogP contribution in [0.4, 0.5) is 5.69 Å². The number of hydrogen-bond acceptors (Lipinski definition) is 4. The van der Waals surface area contributed by atoms with Crippen molar-refractivity contribution >= 4 is 11.6 Å². The Bertz CT molecular complexity index is 444. The maximum atomic E-state index is 12.4. The molecule has 2 rings (SSSR count). The van der Waals surface area contributed by atoms with Crippen molar-refractivity contribution in [1.29, 1.82) is 0 Å².